The fourth-order valence-electron chi connectivity index (χ4n) is 1.62. The summed E-state index contributed by atoms with van der Waals surface area (Å²) in [6.07, 6.45) is 3.16. The molecular formula is C12H12BrN3O3S. The monoisotopic (exact) mass is 357 g/mol. The number of nitrogens with zero attached hydrogens (tertiary/aromatic N) is 1. The van der Waals surface area contributed by atoms with E-state index >= 15 is 0 Å². The second kappa shape index (κ2) is 6.19. The van der Waals surface area contributed by atoms with Gasteiger partial charge in [0, 0.05) is 18.3 Å². The minimum Gasteiger partial charge on any atom is -0.480 e. The van der Waals surface area contributed by atoms with E-state index in [0.717, 1.165) is 9.35 Å². The molecule has 0 aromatic carbocycles. The molecule has 20 heavy (non-hydrogen) atoms. The van der Waals surface area contributed by atoms with Gasteiger partial charge in [-0.3, -0.25) is 4.79 Å². The molecule has 3 N–H and O–H groups in total. The summed E-state index contributed by atoms with van der Waals surface area (Å²) in [5, 5.41) is 11.7. The Kier molecular flexibility index (Phi) is 4.56. The molecule has 106 valence electrons. The van der Waals surface area contributed by atoms with Gasteiger partial charge in [-0.25, -0.2) is 9.78 Å². The summed E-state index contributed by atoms with van der Waals surface area (Å²) in [6, 6.07) is 0.725. The number of hydrogen-bond acceptors (Lipinski definition) is 4. The standard InChI is InChI=1S/C12H12BrN3O3S/c1-6-2-9(20-10(6)13)11(17)16-8(12(18)19)3-7-4-14-5-15-7/h2,4-5,8H,3H2,1H3,(H,14,15)(H,16,17)(H,18,19). The van der Waals surface area contributed by atoms with Crippen LogP contribution in [0.15, 0.2) is 22.4 Å². The van der Waals surface area contributed by atoms with Gasteiger partial charge >= 0.3 is 5.97 Å². The van der Waals surface area contributed by atoms with Crippen molar-refractivity contribution in [3.8, 4) is 0 Å². The number of aromatic nitrogens is 2. The number of hydrogen-bond donors (Lipinski definition) is 3. The van der Waals surface area contributed by atoms with Crippen LogP contribution >= 0.6 is 27.3 Å². The SMILES string of the molecule is Cc1cc(C(=O)NC(Cc2cnc[nH]2)C(=O)O)sc1Br. The van der Waals surface area contributed by atoms with Gasteiger partial charge in [0.05, 0.1) is 15.0 Å². The Hall–Kier alpha value is -1.67. The summed E-state index contributed by atoms with van der Waals surface area (Å²) in [4.78, 5) is 30.4. The largest absolute Gasteiger partial charge is 0.480 e. The second-order valence-electron chi connectivity index (χ2n) is 4.21. The zero-order valence-electron chi connectivity index (χ0n) is 10.5. The van der Waals surface area contributed by atoms with Crippen molar-refractivity contribution < 1.29 is 14.7 Å². The molecular weight excluding hydrogens is 346 g/mol. The smallest absolute Gasteiger partial charge is 0.326 e. The van der Waals surface area contributed by atoms with Crippen molar-refractivity contribution in [1.82, 2.24) is 15.3 Å². The number of rotatable bonds is 5. The van der Waals surface area contributed by atoms with Gasteiger partial charge in [0.1, 0.15) is 6.04 Å². The minimum absolute atomic E-state index is 0.159. The van der Waals surface area contributed by atoms with E-state index in [4.69, 9.17) is 0 Å². The molecule has 1 amide bonds. The Bertz CT molecular complexity index is 604. The van der Waals surface area contributed by atoms with Crippen LogP contribution in [-0.2, 0) is 11.2 Å². The van der Waals surface area contributed by atoms with E-state index in [9.17, 15) is 14.7 Å². The zero-order valence-corrected chi connectivity index (χ0v) is 12.9. The molecule has 2 aromatic heterocycles. The van der Waals surface area contributed by atoms with Crippen LogP contribution in [0.1, 0.15) is 20.9 Å². The molecule has 2 heterocycles. The third kappa shape index (κ3) is 3.45. The van der Waals surface area contributed by atoms with Gasteiger partial charge in [-0.15, -0.1) is 11.3 Å². The molecule has 2 rings (SSSR count). The summed E-state index contributed by atoms with van der Waals surface area (Å²) >= 11 is 4.61. The van der Waals surface area contributed by atoms with Crippen molar-refractivity contribution in [2.75, 3.05) is 0 Å². The maximum Gasteiger partial charge on any atom is 0.326 e. The zero-order chi connectivity index (χ0) is 14.7. The predicted octanol–water partition coefficient (Wildman–Crippen LogP) is 1.97. The summed E-state index contributed by atoms with van der Waals surface area (Å²) in [7, 11) is 0. The average molecular weight is 358 g/mol. The molecule has 0 saturated heterocycles. The highest BCUT2D eigenvalue weighted by Gasteiger charge is 2.22. The number of carboxylic acids is 1. The molecule has 0 saturated carbocycles. The van der Waals surface area contributed by atoms with Crippen molar-refractivity contribution in [2.45, 2.75) is 19.4 Å². The van der Waals surface area contributed by atoms with Crippen LogP contribution in [0.5, 0.6) is 0 Å². The first-order chi connectivity index (χ1) is 9.47. The summed E-state index contributed by atoms with van der Waals surface area (Å²) in [6.45, 7) is 1.87. The predicted molar refractivity (Wildman–Crippen MR) is 77.9 cm³/mol. The van der Waals surface area contributed by atoms with Crippen molar-refractivity contribution in [2.24, 2.45) is 0 Å². The van der Waals surface area contributed by atoms with Gasteiger partial charge in [-0.1, -0.05) is 0 Å². The normalized spacial score (nSPS) is 12.1. The van der Waals surface area contributed by atoms with E-state index < -0.39 is 17.9 Å². The summed E-state index contributed by atoms with van der Waals surface area (Å²) < 4.78 is 0.864. The first-order valence-electron chi connectivity index (χ1n) is 5.74. The van der Waals surface area contributed by atoms with Crippen LogP contribution < -0.4 is 5.32 Å². The number of carboxylic acid groups (broad SMARTS) is 1. The van der Waals surface area contributed by atoms with E-state index in [2.05, 4.69) is 31.2 Å². The number of aromatic amines is 1. The Balaban J connectivity index is 2.08. The number of aryl methyl sites for hydroxylation is 1. The molecule has 0 aliphatic carbocycles. The molecule has 0 fully saturated rings. The van der Waals surface area contributed by atoms with Gasteiger partial charge in [0.15, 0.2) is 0 Å². The van der Waals surface area contributed by atoms with Crippen LogP contribution in [0.4, 0.5) is 0 Å². The van der Waals surface area contributed by atoms with Gasteiger partial charge < -0.3 is 15.4 Å². The lowest BCUT2D eigenvalue weighted by Crippen LogP contribution is -2.42. The number of nitrogens with one attached hydrogen (secondary N) is 2. The Morgan fingerprint density at radius 1 is 1.60 bits per heavy atom. The van der Waals surface area contributed by atoms with Gasteiger partial charge in [-0.05, 0) is 34.5 Å². The molecule has 0 bridgehead atoms. The number of imidazole rings is 1. The molecule has 6 nitrogen and oxygen atoms in total. The maximum absolute atomic E-state index is 12.0. The summed E-state index contributed by atoms with van der Waals surface area (Å²) in [5.41, 5.74) is 1.60. The van der Waals surface area contributed by atoms with E-state index in [1.165, 1.54) is 23.9 Å². The number of amides is 1. The number of carbonyl (C=O) groups is 2. The highest BCUT2D eigenvalue weighted by Crippen LogP contribution is 2.27. The van der Waals surface area contributed by atoms with Crippen molar-refractivity contribution in [3.63, 3.8) is 0 Å². The number of aliphatic carboxylic acids is 1. The van der Waals surface area contributed by atoms with Gasteiger partial charge in [0.2, 0.25) is 0 Å². The molecule has 1 atom stereocenters. The first kappa shape index (κ1) is 14.7. The molecule has 8 heteroatoms. The van der Waals surface area contributed by atoms with E-state index in [1.54, 1.807) is 6.07 Å². The average Bonchev–Trinajstić information content (AvgIpc) is 2.99. The highest BCUT2D eigenvalue weighted by molar-refractivity contribution is 9.11. The Morgan fingerprint density at radius 2 is 2.35 bits per heavy atom. The van der Waals surface area contributed by atoms with Crippen LogP contribution in [0, 0.1) is 6.92 Å². The molecule has 0 aliphatic rings. The molecule has 0 spiro atoms. The summed E-state index contributed by atoms with van der Waals surface area (Å²) in [5.74, 6) is -1.48. The number of carbonyl (C=O) groups excluding carboxylic acids is 1. The molecule has 1 unspecified atom stereocenters. The first-order valence-corrected chi connectivity index (χ1v) is 7.35. The third-order valence-electron chi connectivity index (χ3n) is 2.66. The second-order valence-corrected chi connectivity index (χ2v) is 6.58. The van der Waals surface area contributed by atoms with Gasteiger partial charge in [0.25, 0.3) is 5.91 Å². The highest BCUT2D eigenvalue weighted by atomic mass is 79.9. The Labute approximate surface area is 127 Å². The van der Waals surface area contributed by atoms with E-state index in [-0.39, 0.29) is 6.42 Å². The lowest BCUT2D eigenvalue weighted by molar-refractivity contribution is -0.139. The third-order valence-corrected chi connectivity index (χ3v) is 4.80. The van der Waals surface area contributed by atoms with E-state index in [0.29, 0.717) is 10.6 Å². The van der Waals surface area contributed by atoms with Crippen LogP contribution in [0.2, 0.25) is 0 Å². The van der Waals surface area contributed by atoms with Crippen LogP contribution in [-0.4, -0.2) is 33.0 Å². The lowest BCUT2D eigenvalue weighted by atomic mass is 10.1. The molecule has 2 aromatic rings. The molecule has 0 aliphatic heterocycles. The fraction of sp³-hybridized carbons (Fsp3) is 0.250. The van der Waals surface area contributed by atoms with Crippen LogP contribution in [0.3, 0.4) is 0 Å². The number of H-pyrrole nitrogens is 1. The van der Waals surface area contributed by atoms with Gasteiger partial charge in [-0.2, -0.15) is 0 Å². The quantitative estimate of drug-likeness (QED) is 0.762. The Morgan fingerprint density at radius 3 is 2.85 bits per heavy atom. The fourth-order valence-corrected chi connectivity index (χ4v) is 3.06. The maximum atomic E-state index is 12.0. The van der Waals surface area contributed by atoms with E-state index in [1.807, 2.05) is 6.92 Å². The van der Waals surface area contributed by atoms with Crippen molar-refractivity contribution >= 4 is 39.1 Å². The topological polar surface area (TPSA) is 95.1 Å². The molecule has 0 radical (unpaired) electrons. The minimum atomic E-state index is -1.08. The number of thiophene rings is 1. The number of halogens is 1. The van der Waals surface area contributed by atoms with Crippen LogP contribution in [0.25, 0.3) is 0 Å². The van der Waals surface area contributed by atoms with Crippen molar-refractivity contribution in [3.05, 3.63) is 38.5 Å². The lowest BCUT2D eigenvalue weighted by Gasteiger charge is -2.12. The van der Waals surface area contributed by atoms with Crippen molar-refractivity contribution in [1.29, 1.82) is 0 Å².